The van der Waals surface area contributed by atoms with Gasteiger partial charge in [-0.3, -0.25) is 9.10 Å². The molecule has 0 bridgehead atoms. The summed E-state index contributed by atoms with van der Waals surface area (Å²) in [6, 6.07) is 3.64. The number of hydrogen-bond donors (Lipinski definition) is 1. The summed E-state index contributed by atoms with van der Waals surface area (Å²) in [5.74, 6) is 0.0310. The fourth-order valence-electron chi connectivity index (χ4n) is 2.64. The number of anilines is 1. The third kappa shape index (κ3) is 5.61. The lowest BCUT2D eigenvalue weighted by molar-refractivity contribution is -0.121. The second-order valence-electron chi connectivity index (χ2n) is 6.00. The van der Waals surface area contributed by atoms with Crippen molar-refractivity contribution in [1.29, 1.82) is 0 Å². The Labute approximate surface area is 164 Å². The molecule has 2 aromatic rings. The van der Waals surface area contributed by atoms with Gasteiger partial charge in [-0.25, -0.2) is 13.4 Å². The van der Waals surface area contributed by atoms with Crippen LogP contribution in [0.4, 0.5) is 5.69 Å². The van der Waals surface area contributed by atoms with Crippen molar-refractivity contribution in [3.05, 3.63) is 41.9 Å². The Kier molecular flexibility index (Phi) is 7.09. The van der Waals surface area contributed by atoms with Crippen LogP contribution in [0.3, 0.4) is 0 Å². The number of methoxy groups -OCH3 is 1. The summed E-state index contributed by atoms with van der Waals surface area (Å²) < 4.78 is 32.6. The lowest BCUT2D eigenvalue weighted by Crippen LogP contribution is -2.48. The SMILES string of the molecule is COc1ccc(N([C@@H](C)C(=O)NCCCn2ccnc2)S(C)(=O)=O)cc1Cl. The number of sulfonamides is 1. The molecule has 0 radical (unpaired) electrons. The molecule has 2 rings (SSSR count). The zero-order valence-corrected chi connectivity index (χ0v) is 17.0. The van der Waals surface area contributed by atoms with E-state index in [1.165, 1.54) is 20.1 Å². The Bertz CT molecular complexity index is 871. The molecule has 0 saturated heterocycles. The molecule has 1 amide bonds. The Balaban J connectivity index is 2.06. The van der Waals surface area contributed by atoms with Crippen LogP contribution in [0.25, 0.3) is 0 Å². The van der Waals surface area contributed by atoms with Crippen molar-refractivity contribution in [3.8, 4) is 5.75 Å². The van der Waals surface area contributed by atoms with E-state index in [0.717, 1.165) is 10.6 Å². The standard InChI is InChI=1S/C17H23ClN4O4S/c1-13(17(23)20-7-4-9-21-10-8-19-12-21)22(27(3,24)25)14-5-6-16(26-2)15(18)11-14/h5-6,8,10-13H,4,7,9H2,1-3H3,(H,20,23)/t13-/m0/s1. The fourth-order valence-corrected chi connectivity index (χ4v) is 4.06. The third-order valence-electron chi connectivity index (χ3n) is 3.93. The van der Waals surface area contributed by atoms with E-state index in [-0.39, 0.29) is 5.02 Å². The number of amides is 1. The fraction of sp³-hybridized carbons (Fsp3) is 0.412. The quantitative estimate of drug-likeness (QED) is 0.632. The normalized spacial score (nSPS) is 12.4. The Hall–Kier alpha value is -2.26. The van der Waals surface area contributed by atoms with Crippen LogP contribution in [-0.4, -0.2) is 49.8 Å². The van der Waals surface area contributed by atoms with Gasteiger partial charge >= 0.3 is 0 Å². The first-order chi connectivity index (χ1) is 12.7. The average Bonchev–Trinajstić information content (AvgIpc) is 3.11. The van der Waals surface area contributed by atoms with E-state index in [1.54, 1.807) is 24.7 Å². The molecule has 1 atom stereocenters. The lowest BCUT2D eigenvalue weighted by Gasteiger charge is -2.28. The predicted octanol–water partition coefficient (Wildman–Crippen LogP) is 1.91. The number of rotatable bonds is 9. The molecule has 1 aromatic heterocycles. The number of imidazole rings is 1. The molecular formula is C17H23ClN4O4S. The molecule has 0 aliphatic carbocycles. The van der Waals surface area contributed by atoms with Crippen LogP contribution in [0, 0.1) is 0 Å². The molecular weight excluding hydrogens is 392 g/mol. The highest BCUT2D eigenvalue weighted by Crippen LogP contribution is 2.31. The molecule has 148 valence electrons. The molecule has 1 aromatic carbocycles. The zero-order valence-electron chi connectivity index (χ0n) is 15.4. The monoisotopic (exact) mass is 414 g/mol. The highest BCUT2D eigenvalue weighted by Gasteiger charge is 2.29. The van der Waals surface area contributed by atoms with E-state index in [9.17, 15) is 13.2 Å². The minimum atomic E-state index is -3.70. The van der Waals surface area contributed by atoms with Crippen LogP contribution < -0.4 is 14.4 Å². The summed E-state index contributed by atoms with van der Waals surface area (Å²) in [4.78, 5) is 16.4. The molecule has 0 spiro atoms. The molecule has 0 aliphatic heterocycles. The average molecular weight is 415 g/mol. The van der Waals surface area contributed by atoms with Crippen molar-refractivity contribution in [1.82, 2.24) is 14.9 Å². The zero-order chi connectivity index (χ0) is 20.0. The van der Waals surface area contributed by atoms with Gasteiger partial charge in [-0.15, -0.1) is 0 Å². The molecule has 1 heterocycles. The van der Waals surface area contributed by atoms with Gasteiger partial charge in [0, 0.05) is 25.5 Å². The van der Waals surface area contributed by atoms with Gasteiger partial charge in [-0.2, -0.15) is 0 Å². The van der Waals surface area contributed by atoms with E-state index in [2.05, 4.69) is 10.3 Å². The topological polar surface area (TPSA) is 93.5 Å². The van der Waals surface area contributed by atoms with E-state index in [0.29, 0.717) is 30.9 Å². The summed E-state index contributed by atoms with van der Waals surface area (Å²) in [6.45, 7) is 2.66. The second-order valence-corrected chi connectivity index (χ2v) is 8.27. The van der Waals surface area contributed by atoms with Crippen LogP contribution in [0.5, 0.6) is 5.75 Å². The van der Waals surface area contributed by atoms with Crippen LogP contribution >= 0.6 is 11.6 Å². The van der Waals surface area contributed by atoms with Gasteiger partial charge in [0.1, 0.15) is 11.8 Å². The number of aryl methyl sites for hydroxylation is 1. The van der Waals surface area contributed by atoms with E-state index in [1.807, 2.05) is 10.8 Å². The van der Waals surface area contributed by atoms with Gasteiger partial charge < -0.3 is 14.6 Å². The molecule has 27 heavy (non-hydrogen) atoms. The molecule has 0 aliphatic rings. The van der Waals surface area contributed by atoms with Crippen molar-refractivity contribution in [2.24, 2.45) is 0 Å². The maximum atomic E-state index is 12.5. The summed E-state index contributed by atoms with van der Waals surface area (Å²) >= 11 is 6.10. The largest absolute Gasteiger partial charge is 0.495 e. The number of hydrogen-bond acceptors (Lipinski definition) is 5. The maximum absolute atomic E-state index is 12.5. The van der Waals surface area contributed by atoms with Gasteiger partial charge in [-0.1, -0.05) is 11.6 Å². The van der Waals surface area contributed by atoms with E-state index in [4.69, 9.17) is 16.3 Å². The van der Waals surface area contributed by atoms with Gasteiger partial charge in [0.05, 0.1) is 30.4 Å². The molecule has 0 unspecified atom stereocenters. The van der Waals surface area contributed by atoms with Gasteiger partial charge in [0.25, 0.3) is 0 Å². The Morgan fingerprint density at radius 2 is 2.19 bits per heavy atom. The first-order valence-corrected chi connectivity index (χ1v) is 10.5. The minimum Gasteiger partial charge on any atom is -0.495 e. The molecule has 10 heteroatoms. The Morgan fingerprint density at radius 3 is 2.74 bits per heavy atom. The van der Waals surface area contributed by atoms with E-state index >= 15 is 0 Å². The maximum Gasteiger partial charge on any atom is 0.243 e. The number of benzene rings is 1. The number of carbonyl (C=O) groups excluding carboxylic acids is 1. The van der Waals surface area contributed by atoms with Crippen LogP contribution in [0.1, 0.15) is 13.3 Å². The number of nitrogens with zero attached hydrogens (tertiary/aromatic N) is 3. The second kappa shape index (κ2) is 9.09. The molecule has 1 N–H and O–H groups in total. The summed E-state index contributed by atoms with van der Waals surface area (Å²) in [7, 11) is -2.24. The number of carbonyl (C=O) groups is 1. The van der Waals surface area contributed by atoms with Crippen molar-refractivity contribution in [2.45, 2.75) is 25.9 Å². The summed E-state index contributed by atoms with van der Waals surface area (Å²) in [5, 5.41) is 3.03. The number of halogens is 1. The smallest absolute Gasteiger partial charge is 0.243 e. The molecule has 8 nitrogen and oxygen atoms in total. The van der Waals surface area contributed by atoms with Crippen molar-refractivity contribution < 1.29 is 17.9 Å². The van der Waals surface area contributed by atoms with Crippen LogP contribution in [-0.2, 0) is 21.4 Å². The van der Waals surface area contributed by atoms with Crippen LogP contribution in [0.2, 0.25) is 5.02 Å². The van der Waals surface area contributed by atoms with Gasteiger partial charge in [0.2, 0.25) is 15.9 Å². The molecule has 0 saturated carbocycles. The van der Waals surface area contributed by atoms with Crippen LogP contribution in [0.15, 0.2) is 36.9 Å². The first kappa shape index (κ1) is 21.0. The molecule has 0 fully saturated rings. The minimum absolute atomic E-state index is 0.261. The third-order valence-corrected chi connectivity index (χ3v) is 5.47. The Morgan fingerprint density at radius 1 is 1.44 bits per heavy atom. The van der Waals surface area contributed by atoms with E-state index < -0.39 is 22.0 Å². The number of nitrogens with one attached hydrogen (secondary N) is 1. The van der Waals surface area contributed by atoms with Crippen molar-refractivity contribution in [2.75, 3.05) is 24.2 Å². The van der Waals surface area contributed by atoms with Crippen molar-refractivity contribution >= 4 is 33.2 Å². The lowest BCUT2D eigenvalue weighted by atomic mass is 10.2. The highest BCUT2D eigenvalue weighted by atomic mass is 35.5. The summed E-state index contributed by atoms with van der Waals surface area (Å²) in [5.41, 5.74) is 0.296. The highest BCUT2D eigenvalue weighted by molar-refractivity contribution is 7.92. The first-order valence-electron chi connectivity index (χ1n) is 8.30. The predicted molar refractivity (Wildman–Crippen MR) is 105 cm³/mol. The van der Waals surface area contributed by atoms with Gasteiger partial charge in [-0.05, 0) is 31.5 Å². The number of aromatic nitrogens is 2. The van der Waals surface area contributed by atoms with Crippen molar-refractivity contribution in [3.63, 3.8) is 0 Å². The number of ether oxygens (including phenoxy) is 1. The van der Waals surface area contributed by atoms with Gasteiger partial charge in [0.15, 0.2) is 0 Å². The summed E-state index contributed by atoms with van der Waals surface area (Å²) in [6.07, 6.45) is 6.97.